The summed E-state index contributed by atoms with van der Waals surface area (Å²) in [6.07, 6.45) is 4.99. The third-order valence-electron chi connectivity index (χ3n) is 4.41. The van der Waals surface area contributed by atoms with Gasteiger partial charge in [-0.2, -0.15) is 5.10 Å². The number of carbonyl (C=O) groups excluding carboxylic acids is 1. The largest absolute Gasteiger partial charge is 0.323 e. The van der Waals surface area contributed by atoms with Gasteiger partial charge in [0.1, 0.15) is 5.82 Å². The Balaban J connectivity index is 1.64. The van der Waals surface area contributed by atoms with Gasteiger partial charge in [-0.05, 0) is 54.6 Å². The summed E-state index contributed by atoms with van der Waals surface area (Å²) in [6, 6.07) is 22.7. The molecule has 0 spiro atoms. The topological polar surface area (TPSA) is 46.9 Å². The number of halogens is 2. The van der Waals surface area contributed by atoms with Gasteiger partial charge >= 0.3 is 0 Å². The van der Waals surface area contributed by atoms with Gasteiger partial charge in [-0.15, -0.1) is 0 Å². The van der Waals surface area contributed by atoms with E-state index >= 15 is 0 Å². The number of nitrogens with zero attached hydrogens (tertiary/aromatic N) is 2. The number of benzene rings is 3. The molecule has 1 amide bonds. The second-order valence-corrected chi connectivity index (χ2v) is 6.99. The number of hydrogen-bond acceptors (Lipinski definition) is 2. The minimum absolute atomic E-state index is 0.323. The summed E-state index contributed by atoms with van der Waals surface area (Å²) in [4.78, 5) is 12.3. The Kier molecular flexibility index (Phi) is 5.72. The lowest BCUT2D eigenvalue weighted by molar-refractivity contribution is -0.111. The molecular formula is C24H17ClFN3O. The molecule has 0 aliphatic heterocycles. The second-order valence-electron chi connectivity index (χ2n) is 6.55. The maximum Gasteiger partial charge on any atom is 0.248 e. The molecule has 0 radical (unpaired) electrons. The normalized spacial score (nSPS) is 11.0. The molecule has 148 valence electrons. The van der Waals surface area contributed by atoms with Crippen LogP contribution >= 0.6 is 11.6 Å². The SMILES string of the molecule is O=C(C=Cc1cn(-c2ccccc2)nc1-c1ccc(Cl)cc1)Nc1ccc(F)cc1. The van der Waals surface area contributed by atoms with E-state index in [1.165, 1.54) is 30.3 Å². The van der Waals surface area contributed by atoms with Crippen molar-refractivity contribution in [2.24, 2.45) is 0 Å². The summed E-state index contributed by atoms with van der Waals surface area (Å²) in [7, 11) is 0. The molecule has 0 aliphatic rings. The van der Waals surface area contributed by atoms with Crippen LogP contribution in [0.15, 0.2) is 91.1 Å². The fourth-order valence-corrected chi connectivity index (χ4v) is 3.06. The Labute approximate surface area is 178 Å². The molecule has 0 bridgehead atoms. The lowest BCUT2D eigenvalue weighted by Crippen LogP contribution is -2.07. The Morgan fingerprint density at radius 3 is 2.37 bits per heavy atom. The van der Waals surface area contributed by atoms with E-state index in [1.807, 2.05) is 48.7 Å². The molecule has 0 atom stereocenters. The molecule has 6 heteroatoms. The van der Waals surface area contributed by atoms with Gasteiger partial charge in [-0.1, -0.05) is 41.9 Å². The average Bonchev–Trinajstić information content (AvgIpc) is 3.19. The van der Waals surface area contributed by atoms with E-state index in [9.17, 15) is 9.18 Å². The van der Waals surface area contributed by atoms with Crippen molar-refractivity contribution >= 4 is 29.3 Å². The molecule has 1 N–H and O–H groups in total. The highest BCUT2D eigenvalue weighted by Crippen LogP contribution is 2.26. The van der Waals surface area contributed by atoms with E-state index in [2.05, 4.69) is 5.32 Å². The van der Waals surface area contributed by atoms with Gasteiger partial charge in [-0.3, -0.25) is 4.79 Å². The zero-order valence-electron chi connectivity index (χ0n) is 15.8. The number of hydrogen-bond donors (Lipinski definition) is 1. The highest BCUT2D eigenvalue weighted by Gasteiger charge is 2.11. The monoisotopic (exact) mass is 417 g/mol. The molecule has 1 aromatic heterocycles. The fourth-order valence-electron chi connectivity index (χ4n) is 2.94. The van der Waals surface area contributed by atoms with Gasteiger partial charge in [0, 0.05) is 34.1 Å². The summed E-state index contributed by atoms with van der Waals surface area (Å²) in [5.41, 5.74) is 3.80. The van der Waals surface area contributed by atoms with Crippen LogP contribution in [-0.4, -0.2) is 15.7 Å². The Morgan fingerprint density at radius 1 is 0.967 bits per heavy atom. The zero-order valence-corrected chi connectivity index (χ0v) is 16.6. The summed E-state index contributed by atoms with van der Waals surface area (Å²) in [6.45, 7) is 0. The van der Waals surface area contributed by atoms with Gasteiger partial charge in [0.15, 0.2) is 0 Å². The number of nitrogens with one attached hydrogen (secondary N) is 1. The summed E-state index contributed by atoms with van der Waals surface area (Å²) < 4.78 is 14.8. The summed E-state index contributed by atoms with van der Waals surface area (Å²) in [5.74, 6) is -0.680. The van der Waals surface area contributed by atoms with E-state index < -0.39 is 0 Å². The average molecular weight is 418 g/mol. The third-order valence-corrected chi connectivity index (χ3v) is 4.66. The van der Waals surface area contributed by atoms with Crippen LogP contribution in [0.2, 0.25) is 5.02 Å². The van der Waals surface area contributed by atoms with Crippen LogP contribution in [0, 0.1) is 5.82 Å². The molecule has 0 fully saturated rings. The van der Waals surface area contributed by atoms with E-state index in [-0.39, 0.29) is 11.7 Å². The standard InChI is InChI=1S/C24H17ClFN3O/c25-19-9-6-17(7-10-19)24-18(16-29(28-24)22-4-2-1-3-5-22)8-15-23(30)27-21-13-11-20(26)12-14-21/h1-16H,(H,27,30). The lowest BCUT2D eigenvalue weighted by atomic mass is 10.1. The molecule has 0 unspecified atom stereocenters. The summed E-state index contributed by atoms with van der Waals surface area (Å²) in [5, 5.41) is 8.04. The quantitative estimate of drug-likeness (QED) is 0.406. The number of aromatic nitrogens is 2. The fraction of sp³-hybridized carbons (Fsp3) is 0. The van der Waals surface area contributed by atoms with Crippen LogP contribution in [0.3, 0.4) is 0 Å². The van der Waals surface area contributed by atoms with E-state index in [0.717, 1.165) is 22.5 Å². The Hall–Kier alpha value is -3.70. The first-order chi connectivity index (χ1) is 14.6. The highest BCUT2D eigenvalue weighted by molar-refractivity contribution is 6.30. The van der Waals surface area contributed by atoms with Crippen molar-refractivity contribution < 1.29 is 9.18 Å². The van der Waals surface area contributed by atoms with Crippen molar-refractivity contribution in [1.82, 2.24) is 9.78 Å². The van der Waals surface area contributed by atoms with Crippen LogP contribution in [-0.2, 0) is 4.79 Å². The maximum absolute atomic E-state index is 13.0. The van der Waals surface area contributed by atoms with Crippen molar-refractivity contribution in [3.63, 3.8) is 0 Å². The first-order valence-corrected chi connectivity index (χ1v) is 9.62. The number of amides is 1. The van der Waals surface area contributed by atoms with Crippen LogP contribution in [0.5, 0.6) is 0 Å². The van der Waals surface area contributed by atoms with Crippen LogP contribution < -0.4 is 5.32 Å². The first kappa shape index (κ1) is 19.6. The van der Waals surface area contributed by atoms with Gasteiger partial charge in [0.25, 0.3) is 0 Å². The predicted octanol–water partition coefficient (Wildman–Crippen LogP) is 5.98. The minimum Gasteiger partial charge on any atom is -0.323 e. The second kappa shape index (κ2) is 8.76. The van der Waals surface area contributed by atoms with Gasteiger partial charge in [0.2, 0.25) is 5.91 Å². The number of anilines is 1. The summed E-state index contributed by atoms with van der Waals surface area (Å²) >= 11 is 6.01. The first-order valence-electron chi connectivity index (χ1n) is 9.24. The minimum atomic E-state index is -0.357. The molecular weight excluding hydrogens is 401 g/mol. The molecule has 4 rings (SSSR count). The van der Waals surface area contributed by atoms with Crippen molar-refractivity contribution in [3.05, 3.63) is 108 Å². The van der Waals surface area contributed by atoms with E-state index in [0.29, 0.717) is 10.7 Å². The maximum atomic E-state index is 13.0. The molecule has 4 aromatic rings. The Morgan fingerprint density at radius 2 is 1.67 bits per heavy atom. The molecule has 1 heterocycles. The number of para-hydroxylation sites is 1. The number of rotatable bonds is 5. The van der Waals surface area contributed by atoms with Gasteiger partial charge < -0.3 is 5.32 Å². The third kappa shape index (κ3) is 4.64. The molecule has 30 heavy (non-hydrogen) atoms. The predicted molar refractivity (Wildman–Crippen MR) is 118 cm³/mol. The highest BCUT2D eigenvalue weighted by atomic mass is 35.5. The molecule has 0 aliphatic carbocycles. The smallest absolute Gasteiger partial charge is 0.248 e. The van der Waals surface area contributed by atoms with Crippen molar-refractivity contribution in [1.29, 1.82) is 0 Å². The lowest BCUT2D eigenvalue weighted by Gasteiger charge is -2.02. The van der Waals surface area contributed by atoms with Gasteiger partial charge in [0.05, 0.1) is 11.4 Å². The van der Waals surface area contributed by atoms with Crippen molar-refractivity contribution in [3.8, 4) is 16.9 Å². The molecule has 0 saturated carbocycles. The molecule has 4 nitrogen and oxygen atoms in total. The van der Waals surface area contributed by atoms with Crippen LogP contribution in [0.4, 0.5) is 10.1 Å². The van der Waals surface area contributed by atoms with Crippen molar-refractivity contribution in [2.45, 2.75) is 0 Å². The van der Waals surface area contributed by atoms with Crippen LogP contribution in [0.1, 0.15) is 5.56 Å². The van der Waals surface area contributed by atoms with Crippen molar-refractivity contribution in [2.75, 3.05) is 5.32 Å². The van der Waals surface area contributed by atoms with E-state index in [1.54, 1.807) is 22.9 Å². The van der Waals surface area contributed by atoms with Crippen LogP contribution in [0.25, 0.3) is 23.0 Å². The number of carbonyl (C=O) groups is 1. The Bertz CT molecular complexity index is 1180. The van der Waals surface area contributed by atoms with Gasteiger partial charge in [-0.25, -0.2) is 9.07 Å². The molecule has 0 saturated heterocycles. The van der Waals surface area contributed by atoms with E-state index in [4.69, 9.17) is 16.7 Å². The molecule has 3 aromatic carbocycles. The zero-order chi connectivity index (χ0) is 20.9.